The maximum atomic E-state index is 12.6. The van der Waals surface area contributed by atoms with E-state index in [-0.39, 0.29) is 17.0 Å². The first-order chi connectivity index (χ1) is 16.3. The summed E-state index contributed by atoms with van der Waals surface area (Å²) in [4.78, 5) is 40.5. The molecule has 2 aliphatic heterocycles. The molecule has 0 aromatic carbocycles. The molecule has 4 N–H and O–H groups in total. The zero-order chi connectivity index (χ0) is 24.0. The first-order valence-electron chi connectivity index (χ1n) is 10.7. The minimum absolute atomic E-state index is 0.0791. The van der Waals surface area contributed by atoms with Crippen molar-refractivity contribution in [1.82, 2.24) is 35.2 Å². The minimum Gasteiger partial charge on any atom is -0.357 e. The first kappa shape index (κ1) is 22.5. The molecule has 34 heavy (non-hydrogen) atoms. The molecule has 13 nitrogen and oxygen atoms in total. The van der Waals surface area contributed by atoms with E-state index in [2.05, 4.69) is 36.1 Å². The number of imidazole rings is 1. The zero-order valence-electron chi connectivity index (χ0n) is 18.5. The van der Waals surface area contributed by atoms with Gasteiger partial charge >= 0.3 is 0 Å². The predicted octanol–water partition coefficient (Wildman–Crippen LogP) is 1.12. The summed E-state index contributed by atoms with van der Waals surface area (Å²) in [6.07, 6.45) is 0.247. The van der Waals surface area contributed by atoms with Crippen LogP contribution in [0.4, 0.5) is 5.82 Å². The van der Waals surface area contributed by atoms with Crippen molar-refractivity contribution in [2.45, 2.75) is 51.1 Å². The number of amides is 2. The molecule has 14 heteroatoms. The number of hydrogen-bond acceptors (Lipinski definition) is 9. The molecular formula is C20H23ClN8O5. The number of carbonyl (C=O) groups excluding carboxylic acids is 2. The molecule has 2 aliphatic rings. The Hall–Kier alpha value is -3.26. The molecule has 180 valence electrons. The average molecular weight is 491 g/mol. The van der Waals surface area contributed by atoms with Gasteiger partial charge in [0.25, 0.3) is 11.8 Å². The monoisotopic (exact) mass is 490 g/mol. The highest BCUT2D eigenvalue weighted by Gasteiger charge is 2.58. The van der Waals surface area contributed by atoms with Gasteiger partial charge in [-0.2, -0.15) is 9.97 Å². The largest absolute Gasteiger partial charge is 0.357 e. The van der Waals surface area contributed by atoms with Crippen LogP contribution in [-0.2, 0) is 19.0 Å². The standard InChI is InChI=1S/C20H23ClN8O5/c1-4-22-17(31)12-11-13(34-20(2,3)33-11)18(32-12)29-8-24-10-14(25-19(21)26-15(10)29)27-28-16(30)9-6-5-7-23-9/h5-8,11-13,18,23H,4H2,1-3H3,(H,22,31)(H,28,30)(H,25,26,27). The first-order valence-corrected chi connectivity index (χ1v) is 11.0. The molecule has 0 saturated carbocycles. The minimum atomic E-state index is -0.903. The number of likely N-dealkylation sites (N-methyl/N-ethyl adjacent to an activating group) is 1. The van der Waals surface area contributed by atoms with Gasteiger partial charge in [-0.15, -0.1) is 0 Å². The topological polar surface area (TPSA) is 157 Å². The van der Waals surface area contributed by atoms with Gasteiger partial charge in [0.1, 0.15) is 17.9 Å². The Morgan fingerprint density at radius 1 is 1.26 bits per heavy atom. The molecule has 0 bridgehead atoms. The van der Waals surface area contributed by atoms with Gasteiger partial charge in [0.2, 0.25) is 5.28 Å². The number of nitrogens with zero attached hydrogens (tertiary/aromatic N) is 4. The number of rotatable bonds is 6. The Kier molecular flexibility index (Phi) is 5.64. The number of hydrazine groups is 1. The van der Waals surface area contributed by atoms with Gasteiger partial charge in [-0.3, -0.25) is 25.0 Å². The number of ether oxygens (including phenoxy) is 3. The number of fused-ring (bicyclic) bond motifs is 2. The van der Waals surface area contributed by atoms with Crippen LogP contribution < -0.4 is 16.2 Å². The number of aromatic amines is 1. The fourth-order valence-corrected chi connectivity index (χ4v) is 4.27. The Morgan fingerprint density at radius 2 is 2.06 bits per heavy atom. The summed E-state index contributed by atoms with van der Waals surface area (Å²) in [5, 5.41) is 2.68. The fourth-order valence-electron chi connectivity index (χ4n) is 4.10. The van der Waals surface area contributed by atoms with Crippen molar-refractivity contribution < 1.29 is 23.8 Å². The van der Waals surface area contributed by atoms with Gasteiger partial charge in [0.05, 0.1) is 6.33 Å². The van der Waals surface area contributed by atoms with Gasteiger partial charge in [-0.05, 0) is 44.5 Å². The Balaban J connectivity index is 1.46. The number of halogens is 1. The molecule has 2 amide bonds. The second-order valence-electron chi connectivity index (χ2n) is 8.23. The molecule has 2 fully saturated rings. The molecule has 5 rings (SSSR count). The van der Waals surface area contributed by atoms with E-state index in [9.17, 15) is 9.59 Å². The molecule has 3 aromatic rings. The van der Waals surface area contributed by atoms with Crippen LogP contribution in [-0.4, -0.2) is 67.0 Å². The highest BCUT2D eigenvalue weighted by molar-refractivity contribution is 6.28. The zero-order valence-corrected chi connectivity index (χ0v) is 19.3. The lowest BCUT2D eigenvalue weighted by molar-refractivity contribution is -0.197. The van der Waals surface area contributed by atoms with Crippen molar-refractivity contribution in [1.29, 1.82) is 0 Å². The maximum absolute atomic E-state index is 12.6. The summed E-state index contributed by atoms with van der Waals surface area (Å²) < 4.78 is 19.7. The highest BCUT2D eigenvalue weighted by Crippen LogP contribution is 2.44. The number of nitrogens with one attached hydrogen (secondary N) is 4. The number of carbonyl (C=O) groups is 2. The van der Waals surface area contributed by atoms with E-state index < -0.39 is 36.2 Å². The molecule has 4 unspecified atom stereocenters. The van der Waals surface area contributed by atoms with Crippen LogP contribution in [0.5, 0.6) is 0 Å². The summed E-state index contributed by atoms with van der Waals surface area (Å²) in [5.74, 6) is -1.42. The smallest absolute Gasteiger partial charge is 0.286 e. The molecule has 0 spiro atoms. The number of anilines is 1. The van der Waals surface area contributed by atoms with Gasteiger partial charge in [-0.25, -0.2) is 4.98 Å². The lowest BCUT2D eigenvalue weighted by Gasteiger charge is -2.24. The molecule has 2 saturated heterocycles. The second-order valence-corrected chi connectivity index (χ2v) is 8.57. The summed E-state index contributed by atoms with van der Waals surface area (Å²) in [6.45, 7) is 5.82. The molecule has 3 aromatic heterocycles. The lowest BCUT2D eigenvalue weighted by Crippen LogP contribution is -2.42. The molecule has 0 aliphatic carbocycles. The van der Waals surface area contributed by atoms with Crippen molar-refractivity contribution >= 4 is 40.4 Å². The summed E-state index contributed by atoms with van der Waals surface area (Å²) in [5.41, 5.74) is 6.28. The van der Waals surface area contributed by atoms with Crippen LogP contribution in [0.15, 0.2) is 24.7 Å². The van der Waals surface area contributed by atoms with Crippen molar-refractivity contribution in [3.63, 3.8) is 0 Å². The van der Waals surface area contributed by atoms with Gasteiger partial charge in [0, 0.05) is 12.7 Å². The Labute approximate surface area is 198 Å². The van der Waals surface area contributed by atoms with E-state index in [0.717, 1.165) is 0 Å². The third kappa shape index (κ3) is 3.96. The maximum Gasteiger partial charge on any atom is 0.286 e. The van der Waals surface area contributed by atoms with Gasteiger partial charge < -0.3 is 24.5 Å². The van der Waals surface area contributed by atoms with Crippen molar-refractivity contribution in [2.75, 3.05) is 12.0 Å². The van der Waals surface area contributed by atoms with Crippen LogP contribution >= 0.6 is 11.6 Å². The highest BCUT2D eigenvalue weighted by atomic mass is 35.5. The van der Waals surface area contributed by atoms with E-state index in [4.69, 9.17) is 25.8 Å². The second kappa shape index (κ2) is 8.51. The third-order valence-electron chi connectivity index (χ3n) is 5.44. The van der Waals surface area contributed by atoms with Gasteiger partial charge in [0.15, 0.2) is 35.1 Å². The van der Waals surface area contributed by atoms with E-state index in [1.165, 1.54) is 6.33 Å². The molecule has 4 atom stereocenters. The van der Waals surface area contributed by atoms with Crippen LogP contribution in [0.2, 0.25) is 5.28 Å². The summed E-state index contributed by atoms with van der Waals surface area (Å²) in [7, 11) is 0. The number of aromatic nitrogens is 5. The van der Waals surface area contributed by atoms with E-state index in [1.807, 2.05) is 6.92 Å². The van der Waals surface area contributed by atoms with Crippen LogP contribution in [0, 0.1) is 0 Å². The quantitative estimate of drug-likeness (QED) is 0.293. The lowest BCUT2D eigenvalue weighted by atomic mass is 10.1. The SMILES string of the molecule is CCNC(=O)C1OC(n2cnc3c(NNC(=O)c4ccc[nH]4)nc(Cl)nc32)C2OC(C)(C)OC12. The van der Waals surface area contributed by atoms with Gasteiger partial charge in [-0.1, -0.05) is 0 Å². The van der Waals surface area contributed by atoms with Crippen molar-refractivity contribution in [2.24, 2.45) is 0 Å². The van der Waals surface area contributed by atoms with Crippen molar-refractivity contribution in [3.8, 4) is 0 Å². The fraction of sp³-hybridized carbons (Fsp3) is 0.450. The van der Waals surface area contributed by atoms with Crippen LogP contribution in [0.25, 0.3) is 11.2 Å². The van der Waals surface area contributed by atoms with E-state index in [1.54, 1.807) is 36.7 Å². The molecular weight excluding hydrogens is 468 g/mol. The molecule has 5 heterocycles. The summed E-state index contributed by atoms with van der Waals surface area (Å²) in [6, 6.07) is 3.33. The number of hydrogen-bond donors (Lipinski definition) is 4. The Morgan fingerprint density at radius 3 is 2.79 bits per heavy atom. The van der Waals surface area contributed by atoms with Crippen LogP contribution in [0.3, 0.4) is 0 Å². The van der Waals surface area contributed by atoms with E-state index in [0.29, 0.717) is 23.4 Å². The van der Waals surface area contributed by atoms with Crippen LogP contribution in [0.1, 0.15) is 37.5 Å². The Bertz CT molecular complexity index is 1230. The molecule has 0 radical (unpaired) electrons. The number of H-pyrrole nitrogens is 1. The van der Waals surface area contributed by atoms with E-state index >= 15 is 0 Å². The third-order valence-corrected chi connectivity index (χ3v) is 5.61. The van der Waals surface area contributed by atoms with Crippen molar-refractivity contribution in [3.05, 3.63) is 35.6 Å². The normalized spacial score (nSPS) is 25.3. The summed E-state index contributed by atoms with van der Waals surface area (Å²) >= 11 is 6.17. The average Bonchev–Trinajstić information content (AvgIpc) is 3.55. The predicted molar refractivity (Wildman–Crippen MR) is 119 cm³/mol.